The molecule has 1 aromatic rings. The lowest BCUT2D eigenvalue weighted by Gasteiger charge is -2.06. The summed E-state index contributed by atoms with van der Waals surface area (Å²) in [7, 11) is -3.19. The number of hydrogen-bond acceptors (Lipinski definition) is 5. The minimum atomic E-state index is -3.19. The van der Waals surface area contributed by atoms with Crippen LogP contribution in [-0.2, 0) is 9.84 Å². The third-order valence-corrected chi connectivity index (χ3v) is 4.10. The first-order chi connectivity index (χ1) is 8.04. The molecule has 0 bridgehead atoms. The molecule has 0 aliphatic rings. The summed E-state index contributed by atoms with van der Waals surface area (Å²) in [4.78, 5) is 3.91. The number of nitrogens with zero attached hydrogens (tertiary/aromatic N) is 1. The average molecular weight is 274 g/mol. The Morgan fingerprint density at radius 3 is 2.71 bits per heavy atom. The van der Waals surface area contributed by atoms with Gasteiger partial charge in [0, 0.05) is 12.8 Å². The van der Waals surface area contributed by atoms with Crippen LogP contribution < -0.4 is 5.32 Å². The molecule has 1 aromatic heterocycles. The van der Waals surface area contributed by atoms with Crippen molar-refractivity contribution in [1.29, 1.82) is 0 Å². The Morgan fingerprint density at radius 1 is 1.41 bits per heavy atom. The van der Waals surface area contributed by atoms with Gasteiger partial charge < -0.3 is 5.32 Å². The molecule has 1 rings (SSSR count). The van der Waals surface area contributed by atoms with Crippen LogP contribution in [0.3, 0.4) is 0 Å². The van der Waals surface area contributed by atoms with Crippen molar-refractivity contribution in [2.24, 2.45) is 0 Å². The second-order valence-corrected chi connectivity index (χ2v) is 6.99. The van der Waals surface area contributed by atoms with Crippen molar-refractivity contribution in [3.63, 3.8) is 0 Å². The number of hydrogen-bond donors (Lipinski definition) is 1. The highest BCUT2D eigenvalue weighted by atomic mass is 32.2. The summed E-state index contributed by atoms with van der Waals surface area (Å²) in [5.74, 6) is 2.28. The first-order valence-corrected chi connectivity index (χ1v) is 8.56. The fraction of sp³-hybridized carbons (Fsp3) is 0.545. The number of aromatic nitrogens is 1. The molecule has 0 aromatic carbocycles. The van der Waals surface area contributed by atoms with E-state index in [4.69, 9.17) is 0 Å². The molecule has 6 heteroatoms. The lowest BCUT2D eigenvalue weighted by Crippen LogP contribution is -2.05. The van der Waals surface area contributed by atoms with E-state index in [1.165, 1.54) is 6.07 Å². The number of sulfone groups is 1. The molecule has 0 aliphatic heterocycles. The zero-order chi connectivity index (χ0) is 12.7. The quantitative estimate of drug-likeness (QED) is 0.771. The van der Waals surface area contributed by atoms with Crippen LogP contribution in [0.5, 0.6) is 0 Å². The molecule has 0 saturated carbocycles. The fourth-order valence-electron chi connectivity index (χ4n) is 1.26. The summed E-state index contributed by atoms with van der Waals surface area (Å²) in [6.07, 6.45) is 3.81. The molecule has 96 valence electrons. The molecule has 0 amide bonds. The Hall–Kier alpha value is -0.750. The Morgan fingerprint density at radius 2 is 2.18 bits per heavy atom. The van der Waals surface area contributed by atoms with E-state index in [9.17, 15) is 8.42 Å². The van der Waals surface area contributed by atoms with Crippen molar-refractivity contribution in [2.45, 2.75) is 18.4 Å². The van der Waals surface area contributed by atoms with Gasteiger partial charge in [0.15, 0.2) is 14.9 Å². The summed E-state index contributed by atoms with van der Waals surface area (Å²) in [6, 6.07) is 3.27. The first kappa shape index (κ1) is 14.3. The molecule has 1 heterocycles. The van der Waals surface area contributed by atoms with Crippen molar-refractivity contribution < 1.29 is 8.42 Å². The van der Waals surface area contributed by atoms with E-state index in [0.29, 0.717) is 0 Å². The third-order valence-electron chi connectivity index (χ3n) is 2.11. The molecule has 0 atom stereocenters. The Bertz CT molecular complexity index is 429. The second kappa shape index (κ2) is 6.86. The van der Waals surface area contributed by atoms with Gasteiger partial charge in [-0.1, -0.05) is 6.92 Å². The SMILES string of the molecule is CCSCCCNc1ccc(S(C)(=O)=O)nc1. The Labute approximate surface area is 107 Å². The van der Waals surface area contributed by atoms with Crippen LogP contribution in [0.1, 0.15) is 13.3 Å². The molecular formula is C11H18N2O2S2. The number of rotatable bonds is 7. The molecule has 0 spiro atoms. The highest BCUT2D eigenvalue weighted by Crippen LogP contribution is 2.10. The van der Waals surface area contributed by atoms with E-state index in [1.807, 2.05) is 11.8 Å². The van der Waals surface area contributed by atoms with Crippen molar-refractivity contribution in [3.05, 3.63) is 18.3 Å². The van der Waals surface area contributed by atoms with E-state index in [2.05, 4.69) is 17.2 Å². The van der Waals surface area contributed by atoms with Crippen LogP contribution in [0.25, 0.3) is 0 Å². The van der Waals surface area contributed by atoms with Crippen molar-refractivity contribution in [2.75, 3.05) is 29.6 Å². The monoisotopic (exact) mass is 274 g/mol. The fourth-order valence-corrected chi connectivity index (χ4v) is 2.45. The number of pyridine rings is 1. The zero-order valence-corrected chi connectivity index (χ0v) is 11.8. The van der Waals surface area contributed by atoms with Crippen LogP contribution in [-0.4, -0.2) is 37.7 Å². The van der Waals surface area contributed by atoms with Gasteiger partial charge in [0.25, 0.3) is 0 Å². The van der Waals surface area contributed by atoms with Crippen LogP contribution in [0.2, 0.25) is 0 Å². The summed E-state index contributed by atoms with van der Waals surface area (Å²) >= 11 is 1.91. The number of anilines is 1. The van der Waals surface area contributed by atoms with E-state index in [1.54, 1.807) is 12.3 Å². The normalized spacial score (nSPS) is 11.4. The predicted molar refractivity (Wildman–Crippen MR) is 73.5 cm³/mol. The second-order valence-electron chi connectivity index (χ2n) is 3.63. The van der Waals surface area contributed by atoms with Crippen LogP contribution in [0.4, 0.5) is 5.69 Å². The maximum Gasteiger partial charge on any atom is 0.192 e. The van der Waals surface area contributed by atoms with Gasteiger partial charge in [-0.25, -0.2) is 13.4 Å². The lowest BCUT2D eigenvalue weighted by atomic mass is 10.4. The minimum absolute atomic E-state index is 0.115. The molecule has 0 fully saturated rings. The summed E-state index contributed by atoms with van der Waals surface area (Å²) in [5.41, 5.74) is 0.860. The summed E-state index contributed by atoms with van der Waals surface area (Å²) in [5, 5.41) is 3.33. The van der Waals surface area contributed by atoms with Gasteiger partial charge in [0.1, 0.15) is 0 Å². The topological polar surface area (TPSA) is 59.1 Å². The molecule has 0 radical (unpaired) electrons. The van der Waals surface area contributed by atoms with Gasteiger partial charge in [-0.15, -0.1) is 0 Å². The van der Waals surface area contributed by atoms with Gasteiger partial charge in [-0.3, -0.25) is 0 Å². The lowest BCUT2D eigenvalue weighted by molar-refractivity contribution is 0.598. The van der Waals surface area contributed by atoms with E-state index >= 15 is 0 Å². The van der Waals surface area contributed by atoms with Crippen molar-refractivity contribution in [1.82, 2.24) is 4.98 Å². The highest BCUT2D eigenvalue weighted by Gasteiger charge is 2.07. The molecule has 0 aliphatic carbocycles. The maximum absolute atomic E-state index is 11.2. The maximum atomic E-state index is 11.2. The average Bonchev–Trinajstić information content (AvgIpc) is 2.28. The van der Waals surface area contributed by atoms with Gasteiger partial charge in [0.05, 0.1) is 11.9 Å². The Kier molecular flexibility index (Phi) is 5.77. The smallest absolute Gasteiger partial charge is 0.192 e. The molecule has 17 heavy (non-hydrogen) atoms. The van der Waals surface area contributed by atoms with Crippen LogP contribution >= 0.6 is 11.8 Å². The van der Waals surface area contributed by atoms with Crippen molar-refractivity contribution in [3.8, 4) is 0 Å². The summed E-state index contributed by atoms with van der Waals surface area (Å²) < 4.78 is 22.4. The predicted octanol–water partition coefficient (Wildman–Crippen LogP) is 2.04. The third kappa shape index (κ3) is 5.41. The first-order valence-electron chi connectivity index (χ1n) is 5.51. The van der Waals surface area contributed by atoms with Crippen LogP contribution in [0, 0.1) is 0 Å². The van der Waals surface area contributed by atoms with Gasteiger partial charge in [-0.2, -0.15) is 11.8 Å². The largest absolute Gasteiger partial charge is 0.384 e. The summed E-state index contributed by atoms with van der Waals surface area (Å²) in [6.45, 7) is 3.03. The zero-order valence-electron chi connectivity index (χ0n) is 10.1. The molecule has 0 unspecified atom stereocenters. The van der Waals surface area contributed by atoms with Gasteiger partial charge >= 0.3 is 0 Å². The molecule has 0 saturated heterocycles. The van der Waals surface area contributed by atoms with Crippen LogP contribution in [0.15, 0.2) is 23.4 Å². The van der Waals surface area contributed by atoms with Gasteiger partial charge in [0.2, 0.25) is 0 Å². The minimum Gasteiger partial charge on any atom is -0.384 e. The van der Waals surface area contributed by atoms with E-state index in [-0.39, 0.29) is 5.03 Å². The number of thioether (sulfide) groups is 1. The van der Waals surface area contributed by atoms with Gasteiger partial charge in [-0.05, 0) is 30.1 Å². The Balaban J connectivity index is 2.41. The highest BCUT2D eigenvalue weighted by molar-refractivity contribution is 7.99. The molecular weight excluding hydrogens is 256 g/mol. The van der Waals surface area contributed by atoms with Crippen molar-refractivity contribution >= 4 is 27.3 Å². The standard InChI is InChI=1S/C11H18N2O2S2/c1-3-16-8-4-7-12-10-5-6-11(13-9-10)17(2,14)15/h5-6,9,12H,3-4,7-8H2,1-2H3. The molecule has 1 N–H and O–H groups in total. The van der Waals surface area contributed by atoms with E-state index in [0.717, 1.165) is 36.4 Å². The number of nitrogens with one attached hydrogen (secondary N) is 1. The van der Waals surface area contributed by atoms with E-state index < -0.39 is 9.84 Å². The molecule has 4 nitrogen and oxygen atoms in total.